The van der Waals surface area contributed by atoms with Crippen LogP contribution in [-0.2, 0) is 4.79 Å². The van der Waals surface area contributed by atoms with Gasteiger partial charge in [-0.05, 0) is 13.3 Å². The molecule has 0 radical (unpaired) electrons. The molecule has 7 heteroatoms. The van der Waals surface area contributed by atoms with E-state index in [0.717, 1.165) is 11.8 Å². The molecular formula is C10H13NO5S. The number of aryl methyl sites for hydroxylation is 1. The average molecular weight is 259 g/mol. The van der Waals surface area contributed by atoms with Gasteiger partial charge in [0.1, 0.15) is 11.0 Å². The van der Waals surface area contributed by atoms with E-state index in [-0.39, 0.29) is 5.75 Å². The highest BCUT2D eigenvalue weighted by Gasteiger charge is 2.19. The third-order valence-electron chi connectivity index (χ3n) is 2.04. The minimum absolute atomic E-state index is 0.0995. The highest BCUT2D eigenvalue weighted by Crippen LogP contribution is 2.14. The van der Waals surface area contributed by atoms with Gasteiger partial charge in [0.05, 0.1) is 5.75 Å². The summed E-state index contributed by atoms with van der Waals surface area (Å²) in [5.41, 5.74) is -0.531. The lowest BCUT2D eigenvalue weighted by Gasteiger charge is -2.07. The first-order chi connectivity index (χ1) is 7.95. The molecule has 1 heterocycles. The molecule has 1 atom stereocenters. The molecule has 0 aliphatic heterocycles. The van der Waals surface area contributed by atoms with E-state index in [1.165, 1.54) is 6.07 Å². The van der Waals surface area contributed by atoms with Crippen LogP contribution in [0.25, 0.3) is 0 Å². The van der Waals surface area contributed by atoms with Crippen molar-refractivity contribution >= 4 is 23.6 Å². The number of hydrogen-bond donors (Lipinski definition) is 1. The zero-order valence-corrected chi connectivity index (χ0v) is 10.3. The lowest BCUT2D eigenvalue weighted by atomic mass is 10.3. The Balaban J connectivity index is 2.64. The van der Waals surface area contributed by atoms with Gasteiger partial charge in [-0.2, -0.15) is 0 Å². The van der Waals surface area contributed by atoms with Gasteiger partial charge in [0.2, 0.25) is 0 Å². The van der Waals surface area contributed by atoms with E-state index in [9.17, 15) is 14.4 Å². The van der Waals surface area contributed by atoms with E-state index in [2.05, 4.69) is 0 Å². The van der Waals surface area contributed by atoms with Crippen LogP contribution < -0.4 is 5.56 Å². The van der Waals surface area contributed by atoms with Crippen molar-refractivity contribution in [3.05, 3.63) is 22.2 Å². The molecule has 1 N–H and O–H groups in total. The molecule has 6 nitrogen and oxygen atoms in total. The zero-order valence-electron chi connectivity index (χ0n) is 9.50. The summed E-state index contributed by atoms with van der Waals surface area (Å²) in [5, 5.41) is 8.14. The van der Waals surface area contributed by atoms with Gasteiger partial charge < -0.3 is 9.63 Å². The third kappa shape index (κ3) is 3.48. The molecule has 0 fully saturated rings. The second-order valence-corrected chi connectivity index (χ2v) is 4.61. The molecule has 1 aromatic rings. The Morgan fingerprint density at radius 1 is 1.59 bits per heavy atom. The van der Waals surface area contributed by atoms with Crippen LogP contribution in [0.3, 0.4) is 0 Å². The summed E-state index contributed by atoms with van der Waals surface area (Å²) in [4.78, 5) is 33.6. The second kappa shape index (κ2) is 5.72. The van der Waals surface area contributed by atoms with Gasteiger partial charge in [0, 0.05) is 6.07 Å². The van der Waals surface area contributed by atoms with E-state index in [4.69, 9.17) is 9.63 Å². The molecular weight excluding hydrogens is 246 g/mol. The summed E-state index contributed by atoms with van der Waals surface area (Å²) in [6.45, 7) is 3.28. The predicted molar refractivity (Wildman–Crippen MR) is 62.5 cm³/mol. The van der Waals surface area contributed by atoms with Crippen molar-refractivity contribution in [2.45, 2.75) is 25.5 Å². The van der Waals surface area contributed by atoms with Gasteiger partial charge in [0.15, 0.2) is 0 Å². The first-order valence-electron chi connectivity index (χ1n) is 5.03. The smallest absolute Gasteiger partial charge is 0.316 e. The lowest BCUT2D eigenvalue weighted by Crippen LogP contribution is -2.25. The molecule has 0 spiro atoms. The fourth-order valence-electron chi connectivity index (χ4n) is 1.22. The summed E-state index contributed by atoms with van der Waals surface area (Å²) < 4.78 is 5.55. The highest BCUT2D eigenvalue weighted by molar-refractivity contribution is 8.01. The van der Waals surface area contributed by atoms with Crippen molar-refractivity contribution in [2.75, 3.05) is 5.75 Å². The van der Waals surface area contributed by atoms with Gasteiger partial charge >= 0.3 is 5.97 Å². The number of hydrogen-bond acceptors (Lipinski definition) is 5. The summed E-state index contributed by atoms with van der Waals surface area (Å²) >= 11 is 0.982. The largest absolute Gasteiger partial charge is 0.480 e. The number of carbonyl (C=O) groups is 2. The molecule has 94 valence electrons. The Bertz CT molecular complexity index is 475. The van der Waals surface area contributed by atoms with Crippen LogP contribution in [0.4, 0.5) is 0 Å². The minimum Gasteiger partial charge on any atom is -0.480 e. The minimum atomic E-state index is -0.965. The fourth-order valence-corrected chi connectivity index (χ4v) is 2.06. The van der Waals surface area contributed by atoms with Crippen LogP contribution >= 0.6 is 11.8 Å². The number of carboxylic acids is 1. The van der Waals surface area contributed by atoms with E-state index in [0.29, 0.717) is 16.9 Å². The second-order valence-electron chi connectivity index (χ2n) is 3.42. The Morgan fingerprint density at radius 3 is 2.65 bits per heavy atom. The van der Waals surface area contributed by atoms with Gasteiger partial charge in [-0.3, -0.25) is 14.4 Å². The SMILES string of the molecule is CCC(SCC(=O)n1oc(C)cc1=O)C(=O)O. The average Bonchev–Trinajstić information content (AvgIpc) is 2.58. The van der Waals surface area contributed by atoms with Crippen LogP contribution in [-0.4, -0.2) is 32.7 Å². The standard InChI is InChI=1S/C10H13NO5S/c1-3-7(10(14)15)17-5-9(13)11-8(12)4-6(2)16-11/h4,7H,3,5H2,1-2H3,(H,14,15). The normalized spacial score (nSPS) is 12.4. The fraction of sp³-hybridized carbons (Fsp3) is 0.500. The van der Waals surface area contributed by atoms with Crippen molar-refractivity contribution in [1.29, 1.82) is 0 Å². The van der Waals surface area contributed by atoms with Crippen LogP contribution in [0.5, 0.6) is 0 Å². The molecule has 0 aromatic carbocycles. The first kappa shape index (κ1) is 13.6. The van der Waals surface area contributed by atoms with Crippen molar-refractivity contribution in [3.63, 3.8) is 0 Å². The maximum Gasteiger partial charge on any atom is 0.316 e. The summed E-state index contributed by atoms with van der Waals surface area (Å²) in [7, 11) is 0. The molecule has 1 aromatic heterocycles. The molecule has 0 saturated heterocycles. The Labute approximate surface area is 102 Å². The highest BCUT2D eigenvalue weighted by atomic mass is 32.2. The molecule has 0 aliphatic carbocycles. The molecule has 1 rings (SSSR count). The van der Waals surface area contributed by atoms with Crippen molar-refractivity contribution in [3.8, 4) is 0 Å². The van der Waals surface area contributed by atoms with Crippen LogP contribution in [0, 0.1) is 6.92 Å². The Hall–Kier alpha value is -1.50. The predicted octanol–water partition coefficient (Wildman–Crippen LogP) is 0.986. The van der Waals surface area contributed by atoms with Crippen LogP contribution in [0.15, 0.2) is 15.4 Å². The number of carbonyl (C=O) groups excluding carboxylic acids is 1. The maximum atomic E-state index is 11.6. The van der Waals surface area contributed by atoms with Gasteiger partial charge in [-0.1, -0.05) is 6.92 Å². The van der Waals surface area contributed by atoms with Gasteiger partial charge in [0.25, 0.3) is 11.5 Å². The molecule has 0 amide bonds. The lowest BCUT2D eigenvalue weighted by molar-refractivity contribution is -0.136. The quantitative estimate of drug-likeness (QED) is 0.848. The molecule has 17 heavy (non-hydrogen) atoms. The Morgan fingerprint density at radius 2 is 2.24 bits per heavy atom. The summed E-state index contributed by atoms with van der Waals surface area (Å²) in [6, 6.07) is 1.21. The topological polar surface area (TPSA) is 89.5 Å². The summed E-state index contributed by atoms with van der Waals surface area (Å²) in [6.07, 6.45) is 0.416. The number of carboxylic acid groups (broad SMARTS) is 1. The first-order valence-corrected chi connectivity index (χ1v) is 6.08. The van der Waals surface area contributed by atoms with E-state index in [1.807, 2.05) is 0 Å². The monoisotopic (exact) mass is 259 g/mol. The number of aromatic nitrogens is 1. The van der Waals surface area contributed by atoms with Crippen molar-refractivity contribution in [2.24, 2.45) is 0 Å². The van der Waals surface area contributed by atoms with Crippen LogP contribution in [0.2, 0.25) is 0 Å². The van der Waals surface area contributed by atoms with Crippen molar-refractivity contribution in [1.82, 2.24) is 4.74 Å². The Kier molecular flexibility index (Phi) is 4.56. The third-order valence-corrected chi connectivity index (χ3v) is 3.39. The molecule has 0 saturated carbocycles. The molecule has 0 aliphatic rings. The maximum absolute atomic E-state index is 11.6. The number of aliphatic carboxylic acids is 1. The summed E-state index contributed by atoms with van der Waals surface area (Å²) in [5.74, 6) is -1.27. The number of rotatable bonds is 5. The zero-order chi connectivity index (χ0) is 13.0. The van der Waals surface area contributed by atoms with Crippen molar-refractivity contribution < 1.29 is 19.2 Å². The van der Waals surface area contributed by atoms with Gasteiger partial charge in [-0.15, -0.1) is 16.5 Å². The number of nitrogens with zero attached hydrogens (tertiary/aromatic N) is 1. The van der Waals surface area contributed by atoms with E-state index < -0.39 is 22.7 Å². The van der Waals surface area contributed by atoms with E-state index >= 15 is 0 Å². The number of thioether (sulfide) groups is 1. The van der Waals surface area contributed by atoms with Crippen LogP contribution in [0.1, 0.15) is 23.9 Å². The van der Waals surface area contributed by atoms with Gasteiger partial charge in [-0.25, -0.2) is 0 Å². The molecule has 0 bridgehead atoms. The van der Waals surface area contributed by atoms with E-state index in [1.54, 1.807) is 13.8 Å². The molecule has 1 unspecified atom stereocenters.